The summed E-state index contributed by atoms with van der Waals surface area (Å²) < 4.78 is 7.27. The molecule has 3 N–H and O–H groups in total. The summed E-state index contributed by atoms with van der Waals surface area (Å²) in [6, 6.07) is 7.60. The molecule has 0 radical (unpaired) electrons. The zero-order valence-electron chi connectivity index (χ0n) is 17.3. The molecule has 3 heterocycles. The Bertz CT molecular complexity index is 959. The molecule has 8 nitrogen and oxygen atoms in total. The first-order valence-corrected chi connectivity index (χ1v) is 9.66. The Morgan fingerprint density at radius 2 is 2.10 bits per heavy atom. The molecule has 154 valence electrons. The zero-order chi connectivity index (χ0) is 20.9. The van der Waals surface area contributed by atoms with Gasteiger partial charge in [0.1, 0.15) is 17.1 Å². The summed E-state index contributed by atoms with van der Waals surface area (Å²) in [5, 5.41) is 21.5. The van der Waals surface area contributed by atoms with Gasteiger partial charge in [0.15, 0.2) is 11.8 Å². The van der Waals surface area contributed by atoms with Gasteiger partial charge in [-0.15, -0.1) is 0 Å². The topological polar surface area (TPSA) is 100 Å². The van der Waals surface area contributed by atoms with E-state index in [4.69, 9.17) is 4.42 Å². The van der Waals surface area contributed by atoms with Crippen LogP contribution in [0.5, 0.6) is 0 Å². The predicted molar refractivity (Wildman–Crippen MR) is 112 cm³/mol. The second kappa shape index (κ2) is 8.91. The van der Waals surface area contributed by atoms with Gasteiger partial charge in [-0.05, 0) is 57.5 Å². The first kappa shape index (κ1) is 20.6. The van der Waals surface area contributed by atoms with E-state index in [1.807, 2.05) is 51.2 Å². The largest absolute Gasteiger partial charge is 0.466 e. The molecule has 0 fully saturated rings. The number of aliphatic hydroxyl groups is 1. The maximum absolute atomic E-state index is 10.9. The second-order valence-electron chi connectivity index (χ2n) is 7.12. The van der Waals surface area contributed by atoms with Gasteiger partial charge in [0.25, 0.3) is 0 Å². The van der Waals surface area contributed by atoms with Gasteiger partial charge in [0.05, 0.1) is 13.1 Å². The summed E-state index contributed by atoms with van der Waals surface area (Å²) in [5.74, 6) is 2.88. The molecule has 3 aromatic heterocycles. The highest BCUT2D eigenvalue weighted by molar-refractivity contribution is 5.79. The van der Waals surface area contributed by atoms with Gasteiger partial charge in [-0.2, -0.15) is 5.10 Å². The Kier molecular flexibility index (Phi) is 6.33. The molecule has 3 aromatic rings. The van der Waals surface area contributed by atoms with E-state index in [1.54, 1.807) is 24.0 Å². The number of furan rings is 1. The molecule has 3 rings (SSSR count). The average Bonchev–Trinajstić information content (AvgIpc) is 3.34. The first-order valence-electron chi connectivity index (χ1n) is 9.66. The quantitative estimate of drug-likeness (QED) is 0.419. The Morgan fingerprint density at radius 1 is 1.28 bits per heavy atom. The molecule has 0 bridgehead atoms. The van der Waals surface area contributed by atoms with Crippen LogP contribution in [0, 0.1) is 13.8 Å². The monoisotopic (exact) mass is 396 g/mol. The van der Waals surface area contributed by atoms with Crippen LogP contribution < -0.4 is 10.6 Å². The lowest BCUT2D eigenvalue weighted by atomic mass is 9.96. The fourth-order valence-electron chi connectivity index (χ4n) is 3.12. The minimum atomic E-state index is -1.08. The van der Waals surface area contributed by atoms with Gasteiger partial charge in [-0.25, -0.2) is 14.7 Å². The molecule has 0 saturated carbocycles. The summed E-state index contributed by atoms with van der Waals surface area (Å²) in [4.78, 5) is 8.97. The van der Waals surface area contributed by atoms with Crippen LogP contribution in [-0.4, -0.2) is 38.9 Å². The molecule has 8 heteroatoms. The van der Waals surface area contributed by atoms with Crippen LogP contribution in [0.4, 0.5) is 0 Å². The van der Waals surface area contributed by atoms with Crippen LogP contribution >= 0.6 is 0 Å². The van der Waals surface area contributed by atoms with E-state index in [0.29, 0.717) is 25.6 Å². The van der Waals surface area contributed by atoms with Crippen LogP contribution in [0.15, 0.2) is 52.3 Å². The van der Waals surface area contributed by atoms with E-state index < -0.39 is 5.60 Å². The van der Waals surface area contributed by atoms with Crippen LogP contribution in [0.2, 0.25) is 0 Å². The van der Waals surface area contributed by atoms with Crippen molar-refractivity contribution in [1.29, 1.82) is 0 Å². The van der Waals surface area contributed by atoms with E-state index >= 15 is 0 Å². The third-order valence-electron chi connectivity index (χ3n) is 4.53. The smallest absolute Gasteiger partial charge is 0.191 e. The van der Waals surface area contributed by atoms with Crippen molar-refractivity contribution < 1.29 is 9.52 Å². The number of aliphatic imine (C=N–C) groups is 1. The number of nitrogens with one attached hydrogen (secondary N) is 2. The van der Waals surface area contributed by atoms with Gasteiger partial charge in [-0.1, -0.05) is 0 Å². The van der Waals surface area contributed by atoms with Crippen molar-refractivity contribution in [2.24, 2.45) is 4.99 Å². The number of aromatic nitrogens is 3. The van der Waals surface area contributed by atoms with E-state index in [2.05, 4.69) is 25.7 Å². The van der Waals surface area contributed by atoms with Gasteiger partial charge < -0.3 is 20.2 Å². The third kappa shape index (κ3) is 5.23. The highest BCUT2D eigenvalue weighted by Gasteiger charge is 2.27. The van der Waals surface area contributed by atoms with Gasteiger partial charge in [0.2, 0.25) is 0 Å². The average molecular weight is 396 g/mol. The van der Waals surface area contributed by atoms with E-state index in [-0.39, 0.29) is 0 Å². The van der Waals surface area contributed by atoms with Crippen LogP contribution in [0.25, 0.3) is 5.82 Å². The molecule has 0 spiro atoms. The van der Waals surface area contributed by atoms with Gasteiger partial charge in [0, 0.05) is 30.7 Å². The number of nitrogens with zero attached hydrogens (tertiary/aromatic N) is 4. The molecule has 0 aromatic carbocycles. The molecular weight excluding hydrogens is 368 g/mol. The Morgan fingerprint density at radius 3 is 2.76 bits per heavy atom. The minimum absolute atomic E-state index is 0.299. The maximum Gasteiger partial charge on any atom is 0.191 e. The number of rotatable bonds is 7. The summed E-state index contributed by atoms with van der Waals surface area (Å²) in [5.41, 5.74) is 0.703. The molecule has 29 heavy (non-hydrogen) atoms. The molecule has 0 aliphatic rings. The standard InChI is InChI=1S/C21H28N6O2/c1-5-22-20(25-14-21(4,28)18-11-15(2)29-16(18)3)24-13-17-7-9-23-19(12-17)27-10-6-8-26-27/h6-12,28H,5,13-14H2,1-4H3,(H2,22,24,25). The lowest BCUT2D eigenvalue weighted by Gasteiger charge is -2.24. The summed E-state index contributed by atoms with van der Waals surface area (Å²) in [6.45, 7) is 8.98. The zero-order valence-corrected chi connectivity index (χ0v) is 17.3. The molecule has 0 amide bonds. The SMILES string of the molecule is CCNC(=NCc1ccnc(-n2cccn2)c1)NCC(C)(O)c1cc(C)oc1C. The van der Waals surface area contributed by atoms with Crippen molar-refractivity contribution in [3.8, 4) is 5.82 Å². The lowest BCUT2D eigenvalue weighted by Crippen LogP contribution is -2.44. The summed E-state index contributed by atoms with van der Waals surface area (Å²) >= 11 is 0. The van der Waals surface area contributed by atoms with E-state index in [1.165, 1.54) is 0 Å². The summed E-state index contributed by atoms with van der Waals surface area (Å²) in [6.07, 6.45) is 5.31. The molecule has 0 aliphatic carbocycles. The van der Waals surface area contributed by atoms with Crippen LogP contribution in [0.1, 0.15) is 36.5 Å². The Balaban J connectivity index is 1.69. The summed E-state index contributed by atoms with van der Waals surface area (Å²) in [7, 11) is 0. The lowest BCUT2D eigenvalue weighted by molar-refractivity contribution is 0.0601. The Hall–Kier alpha value is -3.13. The third-order valence-corrected chi connectivity index (χ3v) is 4.53. The molecular formula is C21H28N6O2. The van der Waals surface area contributed by atoms with Crippen molar-refractivity contribution in [3.05, 3.63) is 65.5 Å². The fourth-order valence-corrected chi connectivity index (χ4v) is 3.12. The normalized spacial score (nSPS) is 13.9. The van der Waals surface area contributed by atoms with Crippen molar-refractivity contribution in [2.75, 3.05) is 13.1 Å². The fraction of sp³-hybridized carbons (Fsp3) is 0.381. The molecule has 0 saturated heterocycles. The molecule has 1 atom stereocenters. The van der Waals surface area contributed by atoms with E-state index in [0.717, 1.165) is 28.5 Å². The second-order valence-corrected chi connectivity index (χ2v) is 7.12. The maximum atomic E-state index is 10.9. The minimum Gasteiger partial charge on any atom is -0.466 e. The van der Waals surface area contributed by atoms with Crippen LogP contribution in [-0.2, 0) is 12.1 Å². The van der Waals surface area contributed by atoms with Crippen LogP contribution in [0.3, 0.4) is 0 Å². The highest BCUT2D eigenvalue weighted by Crippen LogP contribution is 2.26. The molecule has 1 unspecified atom stereocenters. The van der Waals surface area contributed by atoms with Gasteiger partial charge in [-0.3, -0.25) is 0 Å². The van der Waals surface area contributed by atoms with Crippen molar-refractivity contribution in [3.63, 3.8) is 0 Å². The van der Waals surface area contributed by atoms with E-state index in [9.17, 15) is 5.11 Å². The number of aryl methyl sites for hydroxylation is 2. The number of guanidine groups is 1. The number of hydrogen-bond donors (Lipinski definition) is 3. The Labute approximate surface area is 170 Å². The number of hydrogen-bond acceptors (Lipinski definition) is 5. The predicted octanol–water partition coefficient (Wildman–Crippen LogP) is 2.44. The first-order chi connectivity index (χ1) is 13.9. The number of pyridine rings is 1. The van der Waals surface area contributed by atoms with Crippen molar-refractivity contribution >= 4 is 5.96 Å². The van der Waals surface area contributed by atoms with Crippen molar-refractivity contribution in [2.45, 2.75) is 39.8 Å². The van der Waals surface area contributed by atoms with Crippen molar-refractivity contribution in [1.82, 2.24) is 25.4 Å². The van der Waals surface area contributed by atoms with Gasteiger partial charge >= 0.3 is 0 Å². The highest BCUT2D eigenvalue weighted by atomic mass is 16.3. The molecule has 0 aliphatic heterocycles.